The number of hydrogen-bond acceptors (Lipinski definition) is 5. The molecule has 7 N–H and O–H groups in total. The first kappa shape index (κ1) is 31.6. The van der Waals surface area contributed by atoms with Crippen LogP contribution in [0.15, 0.2) is 42.5 Å². The number of rotatable bonds is 10. The number of nitrogens with one attached hydrogen (secondary N) is 4. The number of hydrogen-bond donors (Lipinski definition) is 6. The van der Waals surface area contributed by atoms with Gasteiger partial charge in [0.2, 0.25) is 17.7 Å². The van der Waals surface area contributed by atoms with E-state index in [0.29, 0.717) is 0 Å². The molecule has 0 bridgehead atoms. The number of fused-ring (bicyclic) bond motifs is 3. The van der Waals surface area contributed by atoms with Gasteiger partial charge in [-0.05, 0) is 36.1 Å². The number of carbonyl (C=O) groups is 5. The molecule has 0 saturated heterocycles. The van der Waals surface area contributed by atoms with Gasteiger partial charge >= 0.3 is 12.0 Å². The van der Waals surface area contributed by atoms with Crippen molar-refractivity contribution in [1.82, 2.24) is 20.5 Å². The summed E-state index contributed by atoms with van der Waals surface area (Å²) >= 11 is 12.4. The molecule has 5 amide bonds. The number of aromatic amines is 1. The predicted octanol–water partition coefficient (Wildman–Crippen LogP) is 3.41. The van der Waals surface area contributed by atoms with Crippen molar-refractivity contribution < 1.29 is 29.1 Å². The molecule has 0 spiro atoms. The van der Waals surface area contributed by atoms with Gasteiger partial charge in [0.15, 0.2) is 0 Å². The fourth-order valence-electron chi connectivity index (χ4n) is 5.08. The highest BCUT2D eigenvalue weighted by atomic mass is 35.5. The summed E-state index contributed by atoms with van der Waals surface area (Å²) in [5, 5.41) is 18.2. The number of primary amides is 1. The molecule has 228 valence electrons. The zero-order valence-corrected chi connectivity index (χ0v) is 25.0. The highest BCUT2D eigenvalue weighted by Gasteiger charge is 2.38. The van der Waals surface area contributed by atoms with Crippen LogP contribution in [0.1, 0.15) is 37.9 Å². The highest BCUT2D eigenvalue weighted by molar-refractivity contribution is 6.44. The zero-order chi connectivity index (χ0) is 31.4. The fraction of sp³-hybridized carbons (Fsp3) is 0.345. The smallest absolute Gasteiger partial charge is 0.322 e. The summed E-state index contributed by atoms with van der Waals surface area (Å²) in [6.45, 7) is 3.72. The van der Waals surface area contributed by atoms with Crippen LogP contribution in [0.5, 0.6) is 0 Å². The number of carboxylic acids is 1. The first-order valence-corrected chi connectivity index (χ1v) is 14.3. The molecule has 3 aromatic rings. The first-order chi connectivity index (χ1) is 20.3. The van der Waals surface area contributed by atoms with Crippen molar-refractivity contribution in [3.8, 4) is 0 Å². The maximum atomic E-state index is 13.9. The lowest BCUT2D eigenvalue weighted by Gasteiger charge is -2.36. The van der Waals surface area contributed by atoms with Crippen molar-refractivity contribution in [3.05, 3.63) is 63.8 Å². The third kappa shape index (κ3) is 7.38. The average Bonchev–Trinajstić information content (AvgIpc) is 3.31. The number of carbonyl (C=O) groups excluding carboxylic acids is 4. The predicted molar refractivity (Wildman–Crippen MR) is 162 cm³/mol. The Kier molecular flexibility index (Phi) is 9.82. The Hall–Kier alpha value is -4.29. The number of aliphatic carboxylic acids is 1. The van der Waals surface area contributed by atoms with Crippen LogP contribution >= 0.6 is 23.2 Å². The van der Waals surface area contributed by atoms with E-state index in [1.54, 1.807) is 18.2 Å². The van der Waals surface area contributed by atoms with Gasteiger partial charge in [-0.15, -0.1) is 0 Å². The molecule has 14 heteroatoms. The molecule has 0 unspecified atom stereocenters. The van der Waals surface area contributed by atoms with Crippen LogP contribution < -0.4 is 21.7 Å². The van der Waals surface area contributed by atoms with Crippen molar-refractivity contribution >= 4 is 69.5 Å². The molecule has 2 heterocycles. The van der Waals surface area contributed by atoms with Gasteiger partial charge in [0.05, 0.1) is 28.7 Å². The van der Waals surface area contributed by atoms with E-state index in [9.17, 15) is 24.0 Å². The number of anilines is 1. The summed E-state index contributed by atoms with van der Waals surface area (Å²) in [6.07, 6.45) is -0.401. The van der Waals surface area contributed by atoms with Crippen molar-refractivity contribution in [2.45, 2.75) is 57.8 Å². The number of nitrogens with zero attached hydrogens (tertiary/aromatic N) is 1. The second-order valence-electron chi connectivity index (χ2n) is 10.8. The van der Waals surface area contributed by atoms with E-state index < -0.39 is 54.3 Å². The van der Waals surface area contributed by atoms with Crippen LogP contribution in [0.3, 0.4) is 0 Å². The number of nitrogens with two attached hydrogens (primary N) is 1. The Balaban J connectivity index is 1.64. The van der Waals surface area contributed by atoms with E-state index in [0.717, 1.165) is 22.2 Å². The number of para-hydroxylation sites is 1. The molecule has 1 aromatic heterocycles. The van der Waals surface area contributed by atoms with Crippen LogP contribution in [0.4, 0.5) is 10.5 Å². The number of urea groups is 1. The summed E-state index contributed by atoms with van der Waals surface area (Å²) in [5.41, 5.74) is 8.02. The molecule has 12 nitrogen and oxygen atoms in total. The van der Waals surface area contributed by atoms with Crippen LogP contribution in [-0.2, 0) is 32.1 Å². The minimum absolute atomic E-state index is 0.0511. The van der Waals surface area contributed by atoms with Gasteiger partial charge in [0, 0.05) is 23.0 Å². The van der Waals surface area contributed by atoms with Gasteiger partial charge < -0.3 is 36.7 Å². The molecule has 3 atom stereocenters. The van der Waals surface area contributed by atoms with E-state index >= 15 is 0 Å². The number of benzene rings is 2. The number of H-pyrrole nitrogens is 1. The summed E-state index contributed by atoms with van der Waals surface area (Å²) < 4.78 is 0. The van der Waals surface area contributed by atoms with Gasteiger partial charge in [-0.1, -0.05) is 61.3 Å². The Bertz CT molecular complexity index is 1570. The van der Waals surface area contributed by atoms with Crippen LogP contribution in [0.25, 0.3) is 10.9 Å². The molecule has 0 fully saturated rings. The molecule has 43 heavy (non-hydrogen) atoms. The number of aromatic nitrogens is 1. The molecular weight excluding hydrogens is 599 g/mol. The van der Waals surface area contributed by atoms with E-state index in [2.05, 4.69) is 20.9 Å². The van der Waals surface area contributed by atoms with Crippen LogP contribution in [-0.4, -0.2) is 62.8 Å². The van der Waals surface area contributed by atoms with Crippen molar-refractivity contribution in [3.63, 3.8) is 0 Å². The van der Waals surface area contributed by atoms with E-state index in [1.807, 2.05) is 38.1 Å². The molecule has 0 aliphatic carbocycles. The third-order valence-electron chi connectivity index (χ3n) is 7.14. The van der Waals surface area contributed by atoms with Gasteiger partial charge in [-0.2, -0.15) is 0 Å². The van der Waals surface area contributed by atoms with Crippen molar-refractivity contribution in [2.24, 2.45) is 11.7 Å². The molecule has 1 aliphatic heterocycles. The third-order valence-corrected chi connectivity index (χ3v) is 7.96. The largest absolute Gasteiger partial charge is 0.481 e. The van der Waals surface area contributed by atoms with Gasteiger partial charge in [-0.25, -0.2) is 4.79 Å². The van der Waals surface area contributed by atoms with Crippen molar-refractivity contribution in [2.75, 3.05) is 5.32 Å². The first-order valence-electron chi connectivity index (χ1n) is 13.6. The zero-order valence-electron chi connectivity index (χ0n) is 23.4. The number of amides is 5. The number of carboxylic acid groups (broad SMARTS) is 1. The lowest BCUT2D eigenvalue weighted by Crippen LogP contribution is -2.59. The van der Waals surface area contributed by atoms with Crippen LogP contribution in [0, 0.1) is 5.92 Å². The van der Waals surface area contributed by atoms with E-state index in [1.165, 1.54) is 4.90 Å². The van der Waals surface area contributed by atoms with Crippen LogP contribution in [0.2, 0.25) is 10.0 Å². The van der Waals surface area contributed by atoms with E-state index in [-0.39, 0.29) is 41.0 Å². The van der Waals surface area contributed by atoms with Gasteiger partial charge in [-0.3, -0.25) is 19.2 Å². The molecule has 1 aliphatic rings. The number of halogens is 2. The van der Waals surface area contributed by atoms with Gasteiger partial charge in [0.1, 0.15) is 18.1 Å². The summed E-state index contributed by atoms with van der Waals surface area (Å²) in [5.74, 6) is -3.80. The maximum Gasteiger partial charge on any atom is 0.322 e. The Morgan fingerprint density at radius 3 is 2.44 bits per heavy atom. The Morgan fingerprint density at radius 2 is 1.77 bits per heavy atom. The Morgan fingerprint density at radius 1 is 1.05 bits per heavy atom. The average molecular weight is 632 g/mol. The van der Waals surface area contributed by atoms with E-state index in [4.69, 9.17) is 34.0 Å². The SMILES string of the molecule is CC(C)C[C@H](NC(=O)[C@H]1Cc2c([nH]c3ccccc23)CN1C(=O)Nc1cccc(Cl)c1Cl)C(=O)N[C@@H](CC(=O)O)C(N)=O. The Labute approximate surface area is 257 Å². The lowest BCUT2D eigenvalue weighted by molar-refractivity contribution is -0.140. The molecule has 0 radical (unpaired) electrons. The topological polar surface area (TPSA) is 187 Å². The second kappa shape index (κ2) is 13.3. The molecular formula is C29H32Cl2N6O6. The quantitative estimate of drug-likeness (QED) is 0.199. The highest BCUT2D eigenvalue weighted by Crippen LogP contribution is 2.33. The monoisotopic (exact) mass is 630 g/mol. The summed E-state index contributed by atoms with van der Waals surface area (Å²) in [7, 11) is 0. The minimum atomic E-state index is -1.47. The molecule has 0 saturated carbocycles. The van der Waals surface area contributed by atoms with Crippen molar-refractivity contribution in [1.29, 1.82) is 0 Å². The lowest BCUT2D eigenvalue weighted by atomic mass is 9.95. The standard InChI is InChI=1S/C29H32Cl2N6O6/c1-14(2)10-21(27(41)34-20(26(32)40)12-24(38)39)35-28(42)23-11-16-15-6-3-4-8-18(15)33-22(16)13-37(23)29(43)36-19-9-5-7-17(30)25(19)31/h3-9,14,20-21,23,33H,10-13H2,1-2H3,(H2,32,40)(H,34,41)(H,35,42)(H,36,43)(H,38,39)/t20-,21-,23+/m0/s1. The molecule has 4 rings (SSSR count). The minimum Gasteiger partial charge on any atom is -0.481 e. The normalized spacial score (nSPS) is 15.8. The maximum absolute atomic E-state index is 13.9. The summed E-state index contributed by atoms with van der Waals surface area (Å²) in [4.78, 5) is 68.3. The van der Waals surface area contributed by atoms with Gasteiger partial charge in [0.25, 0.3) is 0 Å². The summed E-state index contributed by atoms with van der Waals surface area (Å²) in [6, 6.07) is 8.08. The fourth-order valence-corrected chi connectivity index (χ4v) is 5.43. The second-order valence-corrected chi connectivity index (χ2v) is 11.5. The molecule has 2 aromatic carbocycles.